The van der Waals surface area contributed by atoms with Gasteiger partial charge < -0.3 is 4.90 Å². The lowest BCUT2D eigenvalue weighted by molar-refractivity contribution is 0.324. The molecule has 0 radical (unpaired) electrons. The molecule has 0 saturated heterocycles. The zero-order valence-electron chi connectivity index (χ0n) is 12.3. The molecule has 0 amide bonds. The van der Waals surface area contributed by atoms with Crippen molar-refractivity contribution >= 4 is 11.9 Å². The topological polar surface area (TPSA) is 15.6 Å². The van der Waals surface area contributed by atoms with Gasteiger partial charge in [0.25, 0.3) is 0 Å². The first-order valence-corrected chi connectivity index (χ1v) is 7.09. The molecule has 2 aliphatic heterocycles. The molecule has 2 heterocycles. The Bertz CT molecular complexity index is 573. The van der Waals surface area contributed by atoms with Gasteiger partial charge in [0.05, 0.1) is 5.54 Å². The van der Waals surface area contributed by atoms with Crippen LogP contribution in [0.4, 0.5) is 5.69 Å². The molecule has 3 rings (SSSR count). The second-order valence-electron chi connectivity index (χ2n) is 6.06. The predicted octanol–water partition coefficient (Wildman–Crippen LogP) is 3.84. The number of benzene rings is 1. The van der Waals surface area contributed by atoms with E-state index in [-0.39, 0.29) is 11.0 Å². The zero-order valence-corrected chi connectivity index (χ0v) is 12.3. The van der Waals surface area contributed by atoms with Crippen LogP contribution in [0.3, 0.4) is 0 Å². The third kappa shape index (κ3) is 1.40. The van der Waals surface area contributed by atoms with Gasteiger partial charge in [0, 0.05) is 30.6 Å². The maximum absolute atomic E-state index is 4.46. The van der Waals surface area contributed by atoms with Crippen LogP contribution in [-0.2, 0) is 5.41 Å². The van der Waals surface area contributed by atoms with Crippen LogP contribution in [0.15, 0.2) is 35.5 Å². The largest absolute Gasteiger partial charge is 0.362 e. The summed E-state index contributed by atoms with van der Waals surface area (Å²) in [5.74, 6) is 0. The van der Waals surface area contributed by atoms with Crippen molar-refractivity contribution in [2.75, 3.05) is 11.9 Å². The molecule has 2 unspecified atom stereocenters. The third-order valence-electron chi connectivity index (χ3n) is 5.28. The van der Waals surface area contributed by atoms with Crippen LogP contribution in [0.1, 0.15) is 37.8 Å². The molecule has 0 saturated carbocycles. The van der Waals surface area contributed by atoms with E-state index < -0.39 is 0 Å². The summed E-state index contributed by atoms with van der Waals surface area (Å²) in [4.78, 5) is 6.90. The van der Waals surface area contributed by atoms with E-state index in [4.69, 9.17) is 0 Å². The molecule has 1 aromatic carbocycles. The van der Waals surface area contributed by atoms with Crippen molar-refractivity contribution < 1.29 is 0 Å². The summed E-state index contributed by atoms with van der Waals surface area (Å²) in [5, 5.41) is 0. The van der Waals surface area contributed by atoms with Gasteiger partial charge in [-0.15, -0.1) is 0 Å². The van der Waals surface area contributed by atoms with Crippen molar-refractivity contribution in [3.63, 3.8) is 0 Å². The van der Waals surface area contributed by atoms with Crippen molar-refractivity contribution in [1.29, 1.82) is 0 Å². The Labute approximate surface area is 115 Å². The maximum atomic E-state index is 4.46. The number of nitrogens with zero attached hydrogens (tertiary/aromatic N) is 2. The molecule has 2 atom stereocenters. The summed E-state index contributed by atoms with van der Waals surface area (Å²) < 4.78 is 0. The number of hydrogen-bond acceptors (Lipinski definition) is 2. The average molecular weight is 254 g/mol. The minimum Gasteiger partial charge on any atom is -0.362 e. The van der Waals surface area contributed by atoms with Crippen LogP contribution in [-0.4, -0.2) is 18.8 Å². The Morgan fingerprint density at radius 2 is 2.16 bits per heavy atom. The van der Waals surface area contributed by atoms with Gasteiger partial charge in [0.2, 0.25) is 0 Å². The van der Waals surface area contributed by atoms with Crippen molar-refractivity contribution in [2.45, 2.75) is 44.6 Å². The van der Waals surface area contributed by atoms with E-state index in [1.165, 1.54) is 16.8 Å². The molecule has 0 aliphatic carbocycles. The highest BCUT2D eigenvalue weighted by Gasteiger charge is 2.56. The molecule has 0 bridgehead atoms. The molecule has 19 heavy (non-hydrogen) atoms. The fourth-order valence-electron chi connectivity index (χ4n) is 3.80. The van der Waals surface area contributed by atoms with Crippen LogP contribution in [0.25, 0.3) is 0 Å². The van der Waals surface area contributed by atoms with Gasteiger partial charge in [-0.1, -0.05) is 32.1 Å². The van der Waals surface area contributed by atoms with Crippen molar-refractivity contribution in [3.05, 3.63) is 41.6 Å². The van der Waals surface area contributed by atoms with Gasteiger partial charge >= 0.3 is 0 Å². The van der Waals surface area contributed by atoms with Crippen LogP contribution in [0.5, 0.6) is 0 Å². The molecule has 0 N–H and O–H groups in total. The zero-order chi connectivity index (χ0) is 13.7. The summed E-state index contributed by atoms with van der Waals surface area (Å²) >= 11 is 0. The maximum Gasteiger partial charge on any atom is 0.0880 e. The summed E-state index contributed by atoms with van der Waals surface area (Å²) in [7, 11) is 2.21. The number of rotatable bonds is 1. The van der Waals surface area contributed by atoms with Crippen LogP contribution in [0, 0.1) is 6.92 Å². The van der Waals surface area contributed by atoms with Crippen molar-refractivity contribution in [3.8, 4) is 0 Å². The normalized spacial score (nSPS) is 32.1. The molecule has 2 aliphatic rings. The lowest BCUT2D eigenvalue weighted by atomic mass is 9.65. The predicted molar refractivity (Wildman–Crippen MR) is 82.2 cm³/mol. The molecule has 0 fully saturated rings. The molecule has 1 aromatic rings. The van der Waals surface area contributed by atoms with E-state index in [1.807, 2.05) is 6.20 Å². The highest BCUT2D eigenvalue weighted by atomic mass is 15.2. The SMILES string of the molecule is CCC1(C)c2ccc(C)cc2N(C)C12C=NC=CC2. The minimum absolute atomic E-state index is 0.00731. The third-order valence-corrected chi connectivity index (χ3v) is 5.28. The number of aliphatic imine (C=N–C) groups is 1. The second-order valence-corrected chi connectivity index (χ2v) is 6.06. The number of aryl methyl sites for hydroxylation is 1. The number of fused-ring (bicyclic) bond motifs is 1. The molecule has 2 heteroatoms. The Hall–Kier alpha value is -1.57. The highest BCUT2D eigenvalue weighted by Crippen LogP contribution is 2.54. The fourth-order valence-corrected chi connectivity index (χ4v) is 3.80. The van der Waals surface area contributed by atoms with E-state index in [1.54, 1.807) is 0 Å². The van der Waals surface area contributed by atoms with E-state index in [2.05, 4.69) is 68.2 Å². The smallest absolute Gasteiger partial charge is 0.0880 e. The molecule has 2 nitrogen and oxygen atoms in total. The first-order chi connectivity index (χ1) is 9.05. The standard InChI is InChI=1S/C17H22N2/c1-5-16(3)14-8-7-13(2)11-15(14)19(4)17(16)9-6-10-18-12-17/h6-8,10-12H,5,9H2,1-4H3. The van der Waals surface area contributed by atoms with Gasteiger partial charge in [0.1, 0.15) is 0 Å². The lowest BCUT2D eigenvalue weighted by Gasteiger charge is -2.45. The molecular weight excluding hydrogens is 232 g/mol. The average Bonchev–Trinajstić information content (AvgIpc) is 2.61. The first-order valence-electron chi connectivity index (χ1n) is 7.09. The summed E-state index contributed by atoms with van der Waals surface area (Å²) in [6.45, 7) is 6.84. The number of likely N-dealkylation sites (N-methyl/N-ethyl adjacent to an activating group) is 1. The summed E-state index contributed by atoms with van der Waals surface area (Å²) in [6.07, 6.45) is 8.43. The van der Waals surface area contributed by atoms with E-state index in [0.29, 0.717) is 0 Å². The number of anilines is 1. The van der Waals surface area contributed by atoms with E-state index >= 15 is 0 Å². The quantitative estimate of drug-likeness (QED) is 0.743. The summed E-state index contributed by atoms with van der Waals surface area (Å²) in [6, 6.07) is 6.85. The lowest BCUT2D eigenvalue weighted by Crippen LogP contribution is -2.57. The Morgan fingerprint density at radius 3 is 2.79 bits per heavy atom. The number of hydrogen-bond donors (Lipinski definition) is 0. The Kier molecular flexibility index (Phi) is 2.60. The molecule has 0 aromatic heterocycles. The molecular formula is C17H22N2. The van der Waals surface area contributed by atoms with Crippen LogP contribution < -0.4 is 4.90 Å². The van der Waals surface area contributed by atoms with Gasteiger partial charge in [-0.25, -0.2) is 0 Å². The van der Waals surface area contributed by atoms with E-state index in [9.17, 15) is 0 Å². The van der Waals surface area contributed by atoms with Crippen LogP contribution >= 0.6 is 0 Å². The van der Waals surface area contributed by atoms with Gasteiger partial charge in [0.15, 0.2) is 0 Å². The fraction of sp³-hybridized carbons (Fsp3) is 0.471. The van der Waals surface area contributed by atoms with Gasteiger partial charge in [-0.05, 0) is 37.0 Å². The second kappa shape index (κ2) is 3.96. The summed E-state index contributed by atoms with van der Waals surface area (Å²) in [5.41, 5.74) is 4.27. The van der Waals surface area contributed by atoms with Crippen molar-refractivity contribution in [1.82, 2.24) is 0 Å². The first kappa shape index (κ1) is 12.5. The molecule has 100 valence electrons. The Balaban J connectivity index is 2.25. The Morgan fingerprint density at radius 1 is 1.37 bits per heavy atom. The van der Waals surface area contributed by atoms with Gasteiger partial charge in [-0.3, -0.25) is 4.99 Å². The highest BCUT2D eigenvalue weighted by molar-refractivity contribution is 5.87. The van der Waals surface area contributed by atoms with Crippen LogP contribution in [0.2, 0.25) is 0 Å². The monoisotopic (exact) mass is 254 g/mol. The minimum atomic E-state index is -0.00731. The molecule has 1 spiro atoms. The van der Waals surface area contributed by atoms with Crippen molar-refractivity contribution in [2.24, 2.45) is 4.99 Å². The van der Waals surface area contributed by atoms with Gasteiger partial charge in [-0.2, -0.15) is 0 Å². The van der Waals surface area contributed by atoms with E-state index in [0.717, 1.165) is 12.8 Å².